The van der Waals surface area contributed by atoms with E-state index in [-0.39, 0.29) is 24.7 Å². The van der Waals surface area contributed by atoms with Crippen LogP contribution in [0.1, 0.15) is 27.9 Å². The van der Waals surface area contributed by atoms with Crippen molar-refractivity contribution in [2.24, 2.45) is 0 Å². The number of carbonyl (C=O) groups excluding carboxylic acids is 1. The Balaban J connectivity index is 2.09. The third-order valence-electron chi connectivity index (χ3n) is 3.76. The van der Waals surface area contributed by atoms with Crippen molar-refractivity contribution < 1.29 is 40.3 Å². The van der Waals surface area contributed by atoms with Crippen LogP contribution in [-0.4, -0.2) is 19.1 Å². The molecule has 1 N–H and O–H groups in total. The maximum atomic E-state index is 12.8. The van der Waals surface area contributed by atoms with Crippen LogP contribution in [0.3, 0.4) is 0 Å². The average Bonchev–Trinajstić information content (AvgIpc) is 2.67. The highest BCUT2D eigenvalue weighted by atomic mass is 19.4. The molecule has 0 radical (unpaired) electrons. The number of benzene rings is 2. The molecule has 0 saturated heterocycles. The van der Waals surface area contributed by atoms with Gasteiger partial charge in [-0.05, 0) is 42.5 Å². The summed E-state index contributed by atoms with van der Waals surface area (Å²) < 4.78 is 94.3. The van der Waals surface area contributed by atoms with Gasteiger partial charge in [-0.15, -0.1) is 0 Å². The van der Waals surface area contributed by atoms with Crippen LogP contribution in [0.4, 0.5) is 36.4 Å². The maximum absolute atomic E-state index is 12.8. The van der Waals surface area contributed by atoms with Crippen molar-refractivity contribution in [2.75, 3.05) is 18.6 Å². The number of hydrogen-bond acceptors (Lipinski definition) is 3. The number of alkyl halides is 7. The Kier molecular flexibility index (Phi) is 7.47. The molecule has 2 rings (SSSR count). The first-order chi connectivity index (χ1) is 14.0. The summed E-state index contributed by atoms with van der Waals surface area (Å²) in [7, 11) is 0. The molecule has 10 heteroatoms. The van der Waals surface area contributed by atoms with Gasteiger partial charge in [-0.3, -0.25) is 9.18 Å². The summed E-state index contributed by atoms with van der Waals surface area (Å²) >= 11 is 0. The van der Waals surface area contributed by atoms with E-state index < -0.39 is 41.6 Å². The fraction of sp³-hybridized carbons (Fsp3) is 0.250. The molecule has 0 aromatic heterocycles. The number of anilines is 1. The van der Waals surface area contributed by atoms with Crippen molar-refractivity contribution in [1.82, 2.24) is 0 Å². The van der Waals surface area contributed by atoms with Crippen molar-refractivity contribution in [3.8, 4) is 5.75 Å². The van der Waals surface area contributed by atoms with E-state index in [4.69, 9.17) is 4.74 Å². The minimum absolute atomic E-state index is 0.0112. The first-order valence-corrected chi connectivity index (χ1v) is 8.56. The zero-order chi connectivity index (χ0) is 22.4. The van der Waals surface area contributed by atoms with Crippen LogP contribution >= 0.6 is 0 Å². The lowest BCUT2D eigenvalue weighted by Crippen LogP contribution is -2.11. The van der Waals surface area contributed by atoms with Crippen LogP contribution in [-0.2, 0) is 12.4 Å². The van der Waals surface area contributed by atoms with E-state index in [1.54, 1.807) is 0 Å². The molecule has 2 aromatic rings. The molecule has 3 nitrogen and oxygen atoms in total. The number of nitrogens with one attached hydrogen (secondary N) is 1. The van der Waals surface area contributed by atoms with Gasteiger partial charge in [-0.2, -0.15) is 26.3 Å². The van der Waals surface area contributed by atoms with Crippen LogP contribution < -0.4 is 10.1 Å². The Morgan fingerprint density at radius 2 is 1.50 bits per heavy atom. The highest BCUT2D eigenvalue weighted by Crippen LogP contribution is 2.37. The fourth-order valence-electron chi connectivity index (χ4n) is 2.31. The lowest BCUT2D eigenvalue weighted by Gasteiger charge is -2.14. The number of ketones is 1. The molecule has 162 valence electrons. The van der Waals surface area contributed by atoms with Gasteiger partial charge in [0.05, 0.1) is 24.4 Å². The van der Waals surface area contributed by atoms with Gasteiger partial charge < -0.3 is 10.1 Å². The Hall–Kier alpha value is -3.04. The Labute approximate surface area is 167 Å². The summed E-state index contributed by atoms with van der Waals surface area (Å²) in [4.78, 5) is 12.1. The number of carbonyl (C=O) groups is 1. The van der Waals surface area contributed by atoms with E-state index >= 15 is 0 Å². The summed E-state index contributed by atoms with van der Waals surface area (Å²) in [6.07, 6.45) is -7.80. The van der Waals surface area contributed by atoms with Crippen molar-refractivity contribution in [3.05, 3.63) is 71.4 Å². The zero-order valence-corrected chi connectivity index (χ0v) is 15.3. The maximum Gasteiger partial charge on any atom is 0.416 e. The van der Waals surface area contributed by atoms with E-state index in [2.05, 4.69) is 5.32 Å². The van der Waals surface area contributed by atoms with E-state index in [0.29, 0.717) is 17.9 Å². The van der Waals surface area contributed by atoms with Gasteiger partial charge in [-0.25, -0.2) is 0 Å². The summed E-state index contributed by atoms with van der Waals surface area (Å²) in [5, 5.41) is 2.25. The summed E-state index contributed by atoms with van der Waals surface area (Å²) in [6, 6.07) is 6.83. The largest absolute Gasteiger partial charge is 0.493 e. The molecule has 0 unspecified atom stereocenters. The number of ether oxygens (including phenoxy) is 1. The monoisotopic (exact) mass is 435 g/mol. The van der Waals surface area contributed by atoms with Crippen LogP contribution in [0.15, 0.2) is 54.7 Å². The molecule has 0 spiro atoms. The fourth-order valence-corrected chi connectivity index (χ4v) is 2.31. The van der Waals surface area contributed by atoms with Crippen molar-refractivity contribution in [2.45, 2.75) is 18.8 Å². The lowest BCUT2D eigenvalue weighted by atomic mass is 10.1. The normalized spacial score (nSPS) is 12.2. The third kappa shape index (κ3) is 6.78. The van der Waals surface area contributed by atoms with Gasteiger partial charge in [0.2, 0.25) is 0 Å². The summed E-state index contributed by atoms with van der Waals surface area (Å²) in [6.45, 7) is -0.352. The molecule has 0 fully saturated rings. The van der Waals surface area contributed by atoms with Gasteiger partial charge in [0.25, 0.3) is 0 Å². The number of allylic oxidation sites excluding steroid dienone is 1. The quantitative estimate of drug-likeness (QED) is 0.230. The molecule has 0 aliphatic carbocycles. The highest BCUT2D eigenvalue weighted by molar-refractivity contribution is 6.04. The number of halogens is 7. The molecular formula is C20H16F7NO2. The second-order valence-electron chi connectivity index (χ2n) is 6.05. The molecule has 0 heterocycles. The first kappa shape index (κ1) is 23.2. The van der Waals surface area contributed by atoms with Crippen LogP contribution in [0, 0.1) is 0 Å². The smallest absolute Gasteiger partial charge is 0.416 e. The SMILES string of the molecule is O=C(C=CNc1cc(C(F)(F)F)cc(C(F)(F)F)c1)c1ccc(OCCCF)cc1. The molecule has 2 aromatic carbocycles. The molecule has 0 bridgehead atoms. The van der Waals surface area contributed by atoms with Crippen LogP contribution in [0.25, 0.3) is 0 Å². The third-order valence-corrected chi connectivity index (χ3v) is 3.76. The molecule has 0 atom stereocenters. The number of rotatable bonds is 8. The standard InChI is InChI=1S/C20H16F7NO2/c21-7-1-9-30-17-4-2-13(3-5-17)18(29)6-8-28-16-11-14(19(22,23)24)10-15(12-16)20(25,26)27/h2-6,8,10-12,28H,1,7,9H2. The van der Waals surface area contributed by atoms with E-state index in [1.165, 1.54) is 24.3 Å². The summed E-state index contributed by atoms with van der Waals surface area (Å²) in [5.41, 5.74) is -3.20. The number of hydrogen-bond donors (Lipinski definition) is 1. The van der Waals surface area contributed by atoms with Crippen molar-refractivity contribution in [1.29, 1.82) is 0 Å². The second kappa shape index (κ2) is 9.64. The Bertz CT molecular complexity index is 855. The molecular weight excluding hydrogens is 419 g/mol. The molecule has 0 aliphatic heterocycles. The average molecular weight is 435 g/mol. The van der Waals surface area contributed by atoms with Gasteiger partial charge in [0.15, 0.2) is 5.78 Å². The van der Waals surface area contributed by atoms with E-state index in [0.717, 1.165) is 12.3 Å². The van der Waals surface area contributed by atoms with Crippen molar-refractivity contribution >= 4 is 11.5 Å². The van der Waals surface area contributed by atoms with Crippen molar-refractivity contribution in [3.63, 3.8) is 0 Å². The molecule has 0 saturated carbocycles. The van der Waals surface area contributed by atoms with Crippen LogP contribution in [0.5, 0.6) is 5.75 Å². The predicted molar refractivity (Wildman–Crippen MR) is 96.1 cm³/mol. The highest BCUT2D eigenvalue weighted by Gasteiger charge is 2.36. The Morgan fingerprint density at radius 3 is 2.00 bits per heavy atom. The zero-order valence-electron chi connectivity index (χ0n) is 15.3. The van der Waals surface area contributed by atoms with E-state index in [9.17, 15) is 35.5 Å². The summed E-state index contributed by atoms with van der Waals surface area (Å²) in [5.74, 6) is -0.119. The predicted octanol–water partition coefficient (Wildman–Crippen LogP) is 6.27. The van der Waals surface area contributed by atoms with E-state index in [1.807, 2.05) is 0 Å². The minimum atomic E-state index is -4.97. The van der Waals surface area contributed by atoms with Gasteiger partial charge in [0, 0.05) is 29.9 Å². The first-order valence-electron chi connectivity index (χ1n) is 8.56. The molecule has 30 heavy (non-hydrogen) atoms. The molecule has 0 amide bonds. The minimum Gasteiger partial charge on any atom is -0.493 e. The van der Waals surface area contributed by atoms with Crippen LogP contribution in [0.2, 0.25) is 0 Å². The van der Waals surface area contributed by atoms with Gasteiger partial charge >= 0.3 is 12.4 Å². The van der Waals surface area contributed by atoms with Gasteiger partial charge in [-0.1, -0.05) is 0 Å². The van der Waals surface area contributed by atoms with Gasteiger partial charge in [0.1, 0.15) is 5.75 Å². The second-order valence-corrected chi connectivity index (χ2v) is 6.05. The molecule has 0 aliphatic rings. The lowest BCUT2D eigenvalue weighted by molar-refractivity contribution is -0.143. The topological polar surface area (TPSA) is 38.3 Å². The Morgan fingerprint density at radius 1 is 0.933 bits per heavy atom.